The summed E-state index contributed by atoms with van der Waals surface area (Å²) in [5.41, 5.74) is 2.64. The van der Waals surface area contributed by atoms with Gasteiger partial charge in [0.1, 0.15) is 0 Å². The summed E-state index contributed by atoms with van der Waals surface area (Å²) in [6.45, 7) is 4.43. The first-order valence-electron chi connectivity index (χ1n) is 7.20. The topological polar surface area (TPSA) is 12.0 Å². The van der Waals surface area contributed by atoms with Crippen LogP contribution in [-0.2, 0) is 6.42 Å². The quantitative estimate of drug-likeness (QED) is 0.787. The predicted octanol–water partition coefficient (Wildman–Crippen LogP) is 5.01. The highest BCUT2D eigenvalue weighted by Gasteiger charge is 2.09. The number of benzene rings is 2. The number of nitrogens with one attached hydrogen (secondary N) is 1. The number of hydrogen-bond donors (Lipinski definition) is 1. The van der Waals surface area contributed by atoms with E-state index in [9.17, 15) is 0 Å². The second-order valence-corrected chi connectivity index (χ2v) is 5.81. The van der Waals surface area contributed by atoms with Crippen molar-refractivity contribution >= 4 is 11.6 Å². The van der Waals surface area contributed by atoms with Crippen LogP contribution < -0.4 is 5.32 Å². The van der Waals surface area contributed by atoms with Crippen molar-refractivity contribution in [2.24, 2.45) is 0 Å². The minimum atomic E-state index is 0.319. The van der Waals surface area contributed by atoms with Crippen LogP contribution in [0.25, 0.3) is 0 Å². The maximum atomic E-state index is 6.04. The molecule has 2 aromatic rings. The van der Waals surface area contributed by atoms with E-state index in [1.807, 2.05) is 18.2 Å². The Balaban J connectivity index is 1.83. The first-order chi connectivity index (χ1) is 9.65. The molecule has 0 aliphatic rings. The van der Waals surface area contributed by atoms with Gasteiger partial charge < -0.3 is 5.32 Å². The maximum Gasteiger partial charge on any atom is 0.0409 e. The van der Waals surface area contributed by atoms with Gasteiger partial charge in [-0.3, -0.25) is 0 Å². The second-order valence-electron chi connectivity index (χ2n) is 5.37. The fourth-order valence-corrected chi connectivity index (χ4v) is 2.61. The lowest BCUT2D eigenvalue weighted by Gasteiger charge is -2.20. The van der Waals surface area contributed by atoms with E-state index in [0.717, 1.165) is 17.9 Å². The van der Waals surface area contributed by atoms with Crippen molar-refractivity contribution < 1.29 is 0 Å². The third kappa shape index (κ3) is 4.66. The van der Waals surface area contributed by atoms with Crippen LogP contribution in [-0.4, -0.2) is 6.04 Å². The summed E-state index contributed by atoms with van der Waals surface area (Å²) in [4.78, 5) is 0. The summed E-state index contributed by atoms with van der Waals surface area (Å²) < 4.78 is 0. The zero-order valence-electron chi connectivity index (χ0n) is 12.1. The summed E-state index contributed by atoms with van der Waals surface area (Å²) in [5, 5.41) is 4.43. The van der Waals surface area contributed by atoms with E-state index in [-0.39, 0.29) is 0 Å². The maximum absolute atomic E-state index is 6.04. The fraction of sp³-hybridized carbons (Fsp3) is 0.333. The molecule has 106 valence electrons. The Kier molecular flexibility index (Phi) is 5.63. The second kappa shape index (κ2) is 7.47. The minimum absolute atomic E-state index is 0.319. The third-order valence-corrected chi connectivity index (χ3v) is 3.83. The monoisotopic (exact) mass is 287 g/mol. The Bertz CT molecular complexity index is 524. The van der Waals surface area contributed by atoms with Crippen molar-refractivity contribution in [2.75, 3.05) is 0 Å². The van der Waals surface area contributed by atoms with Gasteiger partial charge >= 0.3 is 0 Å². The molecule has 0 aliphatic heterocycles. The molecule has 0 aromatic heterocycles. The highest BCUT2D eigenvalue weighted by Crippen LogP contribution is 2.18. The number of aryl methyl sites for hydroxylation is 1. The van der Waals surface area contributed by atoms with Gasteiger partial charge in [0.05, 0.1) is 0 Å². The molecule has 1 N–H and O–H groups in total. The van der Waals surface area contributed by atoms with Gasteiger partial charge in [-0.25, -0.2) is 0 Å². The van der Waals surface area contributed by atoms with Crippen LogP contribution >= 0.6 is 11.6 Å². The van der Waals surface area contributed by atoms with E-state index in [4.69, 9.17) is 11.6 Å². The van der Waals surface area contributed by atoms with E-state index in [1.54, 1.807) is 0 Å². The lowest BCUT2D eigenvalue weighted by atomic mass is 10.0. The molecule has 1 unspecified atom stereocenters. The van der Waals surface area contributed by atoms with Gasteiger partial charge in [-0.15, -0.1) is 0 Å². The molecule has 0 amide bonds. The van der Waals surface area contributed by atoms with Gasteiger partial charge in [-0.1, -0.05) is 54.1 Å². The molecule has 0 saturated heterocycles. The molecule has 2 atom stereocenters. The molecule has 0 saturated carbocycles. The van der Waals surface area contributed by atoms with E-state index in [1.165, 1.54) is 11.1 Å². The van der Waals surface area contributed by atoms with Crippen molar-refractivity contribution in [3.63, 3.8) is 0 Å². The van der Waals surface area contributed by atoms with Gasteiger partial charge in [0.15, 0.2) is 0 Å². The first-order valence-corrected chi connectivity index (χ1v) is 7.58. The molecule has 0 aliphatic carbocycles. The molecule has 2 heteroatoms. The number of hydrogen-bond acceptors (Lipinski definition) is 1. The van der Waals surface area contributed by atoms with Gasteiger partial charge in [0, 0.05) is 17.1 Å². The zero-order valence-corrected chi connectivity index (χ0v) is 12.9. The van der Waals surface area contributed by atoms with Gasteiger partial charge in [0.2, 0.25) is 0 Å². The average molecular weight is 288 g/mol. The Morgan fingerprint density at radius 1 is 1.00 bits per heavy atom. The van der Waals surface area contributed by atoms with Gasteiger partial charge in [0.25, 0.3) is 0 Å². The van der Waals surface area contributed by atoms with Crippen LogP contribution in [0.3, 0.4) is 0 Å². The van der Waals surface area contributed by atoms with Crippen LogP contribution in [0.4, 0.5) is 0 Å². The molecule has 0 fully saturated rings. The molecular weight excluding hydrogens is 266 g/mol. The summed E-state index contributed by atoms with van der Waals surface area (Å²) in [7, 11) is 0. The summed E-state index contributed by atoms with van der Waals surface area (Å²) in [6, 6.07) is 19.5. The van der Waals surface area contributed by atoms with E-state index < -0.39 is 0 Å². The van der Waals surface area contributed by atoms with Crippen molar-refractivity contribution in [1.82, 2.24) is 5.32 Å². The van der Waals surface area contributed by atoms with Crippen molar-refractivity contribution in [1.29, 1.82) is 0 Å². The molecular formula is C18H22ClN. The van der Waals surface area contributed by atoms with E-state index in [2.05, 4.69) is 55.6 Å². The minimum Gasteiger partial charge on any atom is -0.308 e. The first kappa shape index (κ1) is 15.1. The lowest BCUT2D eigenvalue weighted by molar-refractivity contribution is 0.456. The highest BCUT2D eigenvalue weighted by atomic mass is 35.5. The lowest BCUT2D eigenvalue weighted by Crippen LogP contribution is -2.29. The molecule has 0 heterocycles. The van der Waals surface area contributed by atoms with Crippen molar-refractivity contribution in [3.8, 4) is 0 Å². The SMILES string of the molecule is CC(CCc1ccccc1)N[C@@H](C)c1cccc(Cl)c1. The predicted molar refractivity (Wildman–Crippen MR) is 87.2 cm³/mol. The summed E-state index contributed by atoms with van der Waals surface area (Å²) in [6.07, 6.45) is 2.24. The van der Waals surface area contributed by atoms with Crippen LogP contribution in [0.15, 0.2) is 54.6 Å². The smallest absolute Gasteiger partial charge is 0.0409 e. The van der Waals surface area contributed by atoms with E-state index in [0.29, 0.717) is 12.1 Å². The fourth-order valence-electron chi connectivity index (χ4n) is 2.41. The van der Waals surface area contributed by atoms with Crippen LogP contribution in [0.1, 0.15) is 37.4 Å². The van der Waals surface area contributed by atoms with Crippen LogP contribution in [0.2, 0.25) is 5.02 Å². The Morgan fingerprint density at radius 3 is 2.45 bits per heavy atom. The zero-order chi connectivity index (χ0) is 14.4. The molecule has 2 aromatic carbocycles. The van der Waals surface area contributed by atoms with Gasteiger partial charge in [-0.2, -0.15) is 0 Å². The van der Waals surface area contributed by atoms with Crippen molar-refractivity contribution in [2.45, 2.75) is 38.8 Å². The molecule has 0 radical (unpaired) electrons. The van der Waals surface area contributed by atoms with Crippen molar-refractivity contribution in [3.05, 3.63) is 70.7 Å². The third-order valence-electron chi connectivity index (χ3n) is 3.59. The summed E-state index contributed by atoms with van der Waals surface area (Å²) >= 11 is 6.04. The Labute approximate surface area is 127 Å². The summed E-state index contributed by atoms with van der Waals surface area (Å²) in [5.74, 6) is 0. The molecule has 0 bridgehead atoms. The number of halogens is 1. The number of rotatable bonds is 6. The highest BCUT2D eigenvalue weighted by molar-refractivity contribution is 6.30. The van der Waals surface area contributed by atoms with E-state index >= 15 is 0 Å². The van der Waals surface area contributed by atoms with Crippen LogP contribution in [0, 0.1) is 0 Å². The Morgan fingerprint density at radius 2 is 1.75 bits per heavy atom. The average Bonchev–Trinajstić information content (AvgIpc) is 2.46. The van der Waals surface area contributed by atoms with Gasteiger partial charge in [-0.05, 0) is 49.9 Å². The normalized spacial score (nSPS) is 13.9. The largest absolute Gasteiger partial charge is 0.308 e. The molecule has 20 heavy (non-hydrogen) atoms. The standard InChI is InChI=1S/C18H22ClN/c1-14(11-12-16-7-4-3-5-8-16)20-15(2)17-9-6-10-18(19)13-17/h3-10,13-15,20H,11-12H2,1-2H3/t14?,15-/m0/s1. The van der Waals surface area contributed by atoms with Crippen LogP contribution in [0.5, 0.6) is 0 Å². The molecule has 0 spiro atoms. The molecule has 2 rings (SSSR count). The molecule has 1 nitrogen and oxygen atoms in total. The Hall–Kier alpha value is -1.31.